The van der Waals surface area contributed by atoms with Gasteiger partial charge in [0, 0.05) is 30.9 Å². The lowest BCUT2D eigenvalue weighted by molar-refractivity contribution is 0.221. The second kappa shape index (κ2) is 6.98. The van der Waals surface area contributed by atoms with Gasteiger partial charge in [0.1, 0.15) is 0 Å². The van der Waals surface area contributed by atoms with Crippen molar-refractivity contribution < 1.29 is 18.3 Å². The number of thioether (sulfide) groups is 1. The number of anilines is 1. The molecule has 0 saturated carbocycles. The number of hydrogen-bond donors (Lipinski definition) is 1. The second-order valence-corrected chi connectivity index (χ2v) is 5.87. The number of hydrogen-bond acceptors (Lipinski definition) is 3. The minimum absolute atomic E-state index is 0.0871. The molecule has 1 aliphatic rings. The number of carbonyl (C=O) groups is 1. The Morgan fingerprint density at radius 1 is 1.48 bits per heavy atom. The number of benzene rings is 1. The number of methoxy groups -OCH3 is 1. The van der Waals surface area contributed by atoms with Crippen LogP contribution in [0.5, 0.6) is 5.75 Å². The Morgan fingerprint density at radius 3 is 2.71 bits per heavy atom. The van der Waals surface area contributed by atoms with Crippen molar-refractivity contribution in [3.63, 3.8) is 0 Å². The van der Waals surface area contributed by atoms with Crippen molar-refractivity contribution >= 4 is 23.5 Å². The standard InChI is InChI=1S/C14H18F2N2O2S/c1-20-13-11(15)5-10(6-12(13)16)17-14(19)18-4-3-9(7-18)8-21-2/h5-6,9H,3-4,7-8H2,1-2H3,(H,17,19)/t9-/m0/s1. The first-order valence-corrected chi connectivity index (χ1v) is 8.02. The van der Waals surface area contributed by atoms with Crippen LogP contribution in [0.1, 0.15) is 6.42 Å². The first-order chi connectivity index (χ1) is 10.0. The molecule has 1 aliphatic heterocycles. The molecule has 21 heavy (non-hydrogen) atoms. The molecule has 0 bridgehead atoms. The number of rotatable bonds is 4. The van der Waals surface area contributed by atoms with Gasteiger partial charge in [-0.05, 0) is 24.3 Å². The summed E-state index contributed by atoms with van der Waals surface area (Å²) >= 11 is 1.75. The molecule has 0 unspecified atom stereocenters. The number of ether oxygens (including phenoxy) is 1. The highest BCUT2D eigenvalue weighted by Crippen LogP contribution is 2.26. The quantitative estimate of drug-likeness (QED) is 0.927. The van der Waals surface area contributed by atoms with Crippen LogP contribution in [0.2, 0.25) is 0 Å². The largest absolute Gasteiger partial charge is 0.491 e. The Morgan fingerprint density at radius 2 is 2.14 bits per heavy atom. The van der Waals surface area contributed by atoms with Crippen LogP contribution in [-0.2, 0) is 0 Å². The highest BCUT2D eigenvalue weighted by molar-refractivity contribution is 7.98. The van der Waals surface area contributed by atoms with Gasteiger partial charge in [0.15, 0.2) is 17.4 Å². The van der Waals surface area contributed by atoms with Gasteiger partial charge in [-0.2, -0.15) is 11.8 Å². The molecule has 0 aromatic heterocycles. The van der Waals surface area contributed by atoms with Crippen molar-refractivity contribution in [2.24, 2.45) is 5.92 Å². The van der Waals surface area contributed by atoms with Crippen LogP contribution in [0.3, 0.4) is 0 Å². The molecular weight excluding hydrogens is 298 g/mol. The number of halogens is 2. The lowest BCUT2D eigenvalue weighted by Gasteiger charge is -2.17. The van der Waals surface area contributed by atoms with Gasteiger partial charge in [0.25, 0.3) is 0 Å². The highest BCUT2D eigenvalue weighted by atomic mass is 32.2. The summed E-state index contributed by atoms with van der Waals surface area (Å²) in [6.07, 6.45) is 2.99. The minimum atomic E-state index is -0.838. The van der Waals surface area contributed by atoms with Gasteiger partial charge in [-0.1, -0.05) is 0 Å². The lowest BCUT2D eigenvalue weighted by atomic mass is 10.2. The van der Waals surface area contributed by atoms with Crippen LogP contribution in [0.15, 0.2) is 12.1 Å². The minimum Gasteiger partial charge on any atom is -0.491 e. The normalized spacial score (nSPS) is 17.9. The number of nitrogens with one attached hydrogen (secondary N) is 1. The Balaban J connectivity index is 2.00. The molecule has 1 aromatic rings. The molecule has 1 fully saturated rings. The Labute approximate surface area is 126 Å². The predicted molar refractivity (Wildman–Crippen MR) is 80.0 cm³/mol. The zero-order valence-corrected chi connectivity index (χ0v) is 12.8. The smallest absolute Gasteiger partial charge is 0.321 e. The number of likely N-dealkylation sites (tertiary alicyclic amines) is 1. The van der Waals surface area contributed by atoms with E-state index >= 15 is 0 Å². The Kier molecular flexibility index (Phi) is 5.27. The van der Waals surface area contributed by atoms with E-state index in [0.717, 1.165) is 24.3 Å². The summed E-state index contributed by atoms with van der Waals surface area (Å²) in [5.74, 6) is -0.636. The van der Waals surface area contributed by atoms with Crippen molar-refractivity contribution in [2.45, 2.75) is 6.42 Å². The van der Waals surface area contributed by atoms with E-state index in [9.17, 15) is 13.6 Å². The zero-order valence-electron chi connectivity index (χ0n) is 12.0. The predicted octanol–water partition coefficient (Wildman–Crippen LogP) is 3.19. The molecule has 0 aliphatic carbocycles. The third-order valence-corrected chi connectivity index (χ3v) is 4.23. The van der Waals surface area contributed by atoms with Crippen LogP contribution in [0.4, 0.5) is 19.3 Å². The summed E-state index contributed by atoms with van der Waals surface area (Å²) in [5, 5.41) is 2.52. The Bertz CT molecular complexity index is 505. The molecule has 1 aromatic carbocycles. The van der Waals surface area contributed by atoms with E-state index in [1.165, 1.54) is 7.11 Å². The van der Waals surface area contributed by atoms with Crippen molar-refractivity contribution in [1.82, 2.24) is 4.90 Å². The van der Waals surface area contributed by atoms with Crippen LogP contribution >= 0.6 is 11.8 Å². The molecule has 7 heteroatoms. The average molecular weight is 316 g/mol. The summed E-state index contributed by atoms with van der Waals surface area (Å²) in [4.78, 5) is 13.7. The lowest BCUT2D eigenvalue weighted by Crippen LogP contribution is -2.33. The van der Waals surface area contributed by atoms with Crippen LogP contribution in [-0.4, -0.2) is 43.1 Å². The van der Waals surface area contributed by atoms with Gasteiger partial charge < -0.3 is 15.0 Å². The maximum atomic E-state index is 13.6. The van der Waals surface area contributed by atoms with Crippen LogP contribution < -0.4 is 10.1 Å². The molecule has 0 radical (unpaired) electrons. The molecule has 1 saturated heterocycles. The first kappa shape index (κ1) is 15.9. The van der Waals surface area contributed by atoms with Gasteiger partial charge in [0.2, 0.25) is 0 Å². The molecule has 1 N–H and O–H groups in total. The van der Waals surface area contributed by atoms with E-state index in [1.807, 2.05) is 6.26 Å². The maximum Gasteiger partial charge on any atom is 0.321 e. The van der Waals surface area contributed by atoms with E-state index in [1.54, 1.807) is 16.7 Å². The number of nitrogens with zero attached hydrogens (tertiary/aromatic N) is 1. The van der Waals surface area contributed by atoms with Crippen molar-refractivity contribution in [2.75, 3.05) is 37.5 Å². The fourth-order valence-electron chi connectivity index (χ4n) is 2.42. The summed E-state index contributed by atoms with van der Waals surface area (Å²) < 4.78 is 31.7. The maximum absolute atomic E-state index is 13.6. The van der Waals surface area contributed by atoms with Crippen LogP contribution in [0.25, 0.3) is 0 Å². The zero-order chi connectivity index (χ0) is 15.4. The molecule has 0 spiro atoms. The molecule has 2 rings (SSSR count). The van der Waals surface area contributed by atoms with E-state index in [-0.39, 0.29) is 11.7 Å². The topological polar surface area (TPSA) is 41.6 Å². The average Bonchev–Trinajstić information content (AvgIpc) is 2.87. The number of amides is 2. The fraction of sp³-hybridized carbons (Fsp3) is 0.500. The second-order valence-electron chi connectivity index (χ2n) is 4.96. The summed E-state index contributed by atoms with van der Waals surface area (Å²) in [6, 6.07) is 1.77. The van der Waals surface area contributed by atoms with Gasteiger partial charge in [-0.25, -0.2) is 13.6 Å². The van der Waals surface area contributed by atoms with Gasteiger partial charge >= 0.3 is 6.03 Å². The summed E-state index contributed by atoms with van der Waals surface area (Å²) in [5.41, 5.74) is 0.0871. The van der Waals surface area contributed by atoms with Crippen LogP contribution in [0, 0.1) is 17.6 Å². The molecular formula is C14H18F2N2O2S. The third-order valence-electron chi connectivity index (χ3n) is 3.43. The molecule has 4 nitrogen and oxygen atoms in total. The summed E-state index contributed by atoms with van der Waals surface area (Å²) in [6.45, 7) is 1.34. The highest BCUT2D eigenvalue weighted by Gasteiger charge is 2.26. The van der Waals surface area contributed by atoms with Crippen molar-refractivity contribution in [3.05, 3.63) is 23.8 Å². The Hall–Kier alpha value is -1.50. The van der Waals surface area contributed by atoms with Gasteiger partial charge in [-0.3, -0.25) is 0 Å². The van der Waals surface area contributed by atoms with Gasteiger partial charge in [0.05, 0.1) is 7.11 Å². The monoisotopic (exact) mass is 316 g/mol. The van der Waals surface area contributed by atoms with E-state index < -0.39 is 17.4 Å². The molecule has 1 heterocycles. The summed E-state index contributed by atoms with van der Waals surface area (Å²) in [7, 11) is 1.19. The number of carbonyl (C=O) groups excluding carboxylic acids is 1. The van der Waals surface area contributed by atoms with Gasteiger partial charge in [-0.15, -0.1) is 0 Å². The van der Waals surface area contributed by atoms with E-state index in [2.05, 4.69) is 10.1 Å². The van der Waals surface area contributed by atoms with E-state index in [0.29, 0.717) is 19.0 Å². The molecule has 2 amide bonds. The van der Waals surface area contributed by atoms with Crippen molar-refractivity contribution in [1.29, 1.82) is 0 Å². The third kappa shape index (κ3) is 3.78. The first-order valence-electron chi connectivity index (χ1n) is 6.63. The number of urea groups is 1. The van der Waals surface area contributed by atoms with E-state index in [4.69, 9.17) is 0 Å². The molecule has 116 valence electrons. The molecule has 1 atom stereocenters. The fourth-order valence-corrected chi connectivity index (χ4v) is 3.16. The van der Waals surface area contributed by atoms with Crippen molar-refractivity contribution in [3.8, 4) is 5.75 Å². The SMILES string of the molecule is COc1c(F)cc(NC(=O)N2CC[C@H](CSC)C2)cc1F.